The van der Waals surface area contributed by atoms with Crippen LogP contribution in [0.5, 0.6) is 11.5 Å². The molecule has 5 nitrogen and oxygen atoms in total. The number of benzene rings is 4. The van der Waals surface area contributed by atoms with Crippen molar-refractivity contribution in [2.75, 3.05) is 5.75 Å². The van der Waals surface area contributed by atoms with E-state index in [1.807, 2.05) is 53.1 Å². The summed E-state index contributed by atoms with van der Waals surface area (Å²) in [5.74, 6) is 3.90. The van der Waals surface area contributed by atoms with Crippen molar-refractivity contribution in [3.63, 3.8) is 0 Å². The highest BCUT2D eigenvalue weighted by Gasteiger charge is 2.16. The molecule has 3 aromatic heterocycles. The average Bonchev–Trinajstić information content (AvgIpc) is 3.64. The monoisotopic (exact) mass is 608 g/mol. The van der Waals surface area contributed by atoms with Gasteiger partial charge in [0.05, 0.1) is 22.9 Å². The van der Waals surface area contributed by atoms with Gasteiger partial charge in [-0.3, -0.25) is 4.57 Å². The van der Waals surface area contributed by atoms with Crippen molar-refractivity contribution in [2.24, 2.45) is 0 Å². The first-order valence-corrected chi connectivity index (χ1v) is 16.4. The molecule has 0 spiro atoms. The second-order valence-electron chi connectivity index (χ2n) is 11.8. The highest BCUT2D eigenvalue weighted by Crippen LogP contribution is 2.36. The standard InChI is InChI=1S/C39H36N4OS/c1-6-45-33-18-26(4)39(27(5)19-33)29-23-41-42(24-29)30-10-9-11-31(21-30)44-32-14-15-35-34-12-7-8-13-36(34)43(37(35)22-32)38-20-28(25(2)3)16-17-40-38/h7-25H,6H2,1-5H3. The summed E-state index contributed by atoms with van der Waals surface area (Å²) in [4.78, 5) is 6.09. The van der Waals surface area contributed by atoms with Crippen LogP contribution in [-0.4, -0.2) is 25.1 Å². The van der Waals surface area contributed by atoms with Crippen molar-refractivity contribution in [3.8, 4) is 34.1 Å². The van der Waals surface area contributed by atoms with Crippen LogP contribution in [-0.2, 0) is 0 Å². The van der Waals surface area contributed by atoms with Gasteiger partial charge in [0.25, 0.3) is 0 Å². The maximum atomic E-state index is 6.49. The summed E-state index contributed by atoms with van der Waals surface area (Å²) in [7, 11) is 0. The first-order valence-electron chi connectivity index (χ1n) is 15.5. The number of hydrogen-bond acceptors (Lipinski definition) is 4. The molecule has 0 bridgehead atoms. The van der Waals surface area contributed by atoms with Gasteiger partial charge in [-0.2, -0.15) is 5.10 Å². The molecule has 3 heterocycles. The summed E-state index contributed by atoms with van der Waals surface area (Å²) in [6.45, 7) is 11.0. The first-order chi connectivity index (χ1) is 21.9. The average molecular weight is 609 g/mol. The van der Waals surface area contributed by atoms with E-state index >= 15 is 0 Å². The molecule has 0 radical (unpaired) electrons. The van der Waals surface area contributed by atoms with Crippen LogP contribution < -0.4 is 4.74 Å². The summed E-state index contributed by atoms with van der Waals surface area (Å²) >= 11 is 1.87. The molecular weight excluding hydrogens is 573 g/mol. The van der Waals surface area contributed by atoms with E-state index in [1.54, 1.807) is 0 Å². The highest BCUT2D eigenvalue weighted by molar-refractivity contribution is 7.99. The maximum absolute atomic E-state index is 6.49. The first kappa shape index (κ1) is 28.9. The Morgan fingerprint density at radius 3 is 2.38 bits per heavy atom. The van der Waals surface area contributed by atoms with Crippen molar-refractivity contribution in [3.05, 3.63) is 126 Å². The lowest BCUT2D eigenvalue weighted by molar-refractivity contribution is 0.483. The van der Waals surface area contributed by atoms with Gasteiger partial charge in [-0.15, -0.1) is 11.8 Å². The van der Waals surface area contributed by atoms with Crippen molar-refractivity contribution < 1.29 is 4.74 Å². The van der Waals surface area contributed by atoms with Crippen molar-refractivity contribution >= 4 is 33.6 Å². The molecule has 0 aliphatic heterocycles. The van der Waals surface area contributed by atoms with E-state index in [2.05, 4.69) is 112 Å². The van der Waals surface area contributed by atoms with Gasteiger partial charge < -0.3 is 4.74 Å². The van der Waals surface area contributed by atoms with Crippen molar-refractivity contribution in [1.82, 2.24) is 19.3 Å². The molecule has 224 valence electrons. The molecule has 45 heavy (non-hydrogen) atoms. The summed E-state index contributed by atoms with van der Waals surface area (Å²) in [6.07, 6.45) is 5.95. The van der Waals surface area contributed by atoms with E-state index in [-0.39, 0.29) is 0 Å². The van der Waals surface area contributed by atoms with Crippen LogP contribution in [0.4, 0.5) is 0 Å². The molecule has 4 aromatic carbocycles. The molecule has 0 saturated heterocycles. The molecule has 0 amide bonds. The number of hydrogen-bond donors (Lipinski definition) is 0. The molecule has 0 atom stereocenters. The van der Waals surface area contributed by atoms with E-state index < -0.39 is 0 Å². The zero-order chi connectivity index (χ0) is 31.1. The molecule has 0 unspecified atom stereocenters. The van der Waals surface area contributed by atoms with E-state index in [4.69, 9.17) is 14.8 Å². The molecule has 0 aliphatic rings. The van der Waals surface area contributed by atoms with E-state index in [0.717, 1.165) is 45.4 Å². The Bertz CT molecular complexity index is 2150. The predicted octanol–water partition coefficient (Wildman–Crippen LogP) is 10.7. The summed E-state index contributed by atoms with van der Waals surface area (Å²) < 4.78 is 10.6. The number of thioether (sulfide) groups is 1. The lowest BCUT2D eigenvalue weighted by Gasteiger charge is -2.12. The zero-order valence-electron chi connectivity index (χ0n) is 26.3. The molecule has 7 rings (SSSR count). The van der Waals surface area contributed by atoms with Crippen LogP contribution in [0.1, 0.15) is 43.4 Å². The second-order valence-corrected chi connectivity index (χ2v) is 13.1. The Hall–Kier alpha value is -4.81. The third-order valence-electron chi connectivity index (χ3n) is 8.32. The highest BCUT2D eigenvalue weighted by atomic mass is 32.2. The predicted molar refractivity (Wildman–Crippen MR) is 188 cm³/mol. The lowest BCUT2D eigenvalue weighted by atomic mass is 9.98. The maximum Gasteiger partial charge on any atom is 0.137 e. The minimum atomic E-state index is 0.412. The topological polar surface area (TPSA) is 44.9 Å². The number of nitrogens with zero attached hydrogens (tertiary/aromatic N) is 4. The second kappa shape index (κ2) is 11.9. The largest absolute Gasteiger partial charge is 0.457 e. The van der Waals surface area contributed by atoms with E-state index in [1.165, 1.54) is 37.9 Å². The minimum Gasteiger partial charge on any atom is -0.457 e. The quantitative estimate of drug-likeness (QED) is 0.161. The summed E-state index contributed by atoms with van der Waals surface area (Å²) in [6, 6.07) is 31.7. The fourth-order valence-electron chi connectivity index (χ4n) is 6.22. The number of ether oxygens (including phenoxy) is 1. The number of pyridine rings is 1. The Kier molecular flexibility index (Phi) is 7.68. The van der Waals surface area contributed by atoms with Gasteiger partial charge >= 0.3 is 0 Å². The van der Waals surface area contributed by atoms with Crippen molar-refractivity contribution in [1.29, 1.82) is 0 Å². The number of rotatable bonds is 8. The Morgan fingerprint density at radius 2 is 1.58 bits per heavy atom. The van der Waals surface area contributed by atoms with Gasteiger partial charge in [0.15, 0.2) is 0 Å². The molecule has 0 fully saturated rings. The molecule has 0 N–H and O–H groups in total. The fourth-order valence-corrected chi connectivity index (χ4v) is 7.08. The Labute approximate surface area is 268 Å². The van der Waals surface area contributed by atoms with Gasteiger partial charge in [0, 0.05) is 45.8 Å². The number of fused-ring (bicyclic) bond motifs is 3. The van der Waals surface area contributed by atoms with Crippen LogP contribution in [0.3, 0.4) is 0 Å². The van der Waals surface area contributed by atoms with Crippen molar-refractivity contribution in [2.45, 2.75) is 45.4 Å². The fraction of sp³-hybridized carbons (Fsp3) is 0.179. The van der Waals surface area contributed by atoms with Gasteiger partial charge in [0.1, 0.15) is 17.3 Å². The van der Waals surface area contributed by atoms with Crippen LogP contribution >= 0.6 is 11.8 Å². The third kappa shape index (κ3) is 5.51. The van der Waals surface area contributed by atoms with Gasteiger partial charge in [-0.1, -0.05) is 45.0 Å². The van der Waals surface area contributed by atoms with Gasteiger partial charge in [-0.25, -0.2) is 9.67 Å². The normalized spacial score (nSPS) is 11.6. The third-order valence-corrected chi connectivity index (χ3v) is 9.17. The van der Waals surface area contributed by atoms with Gasteiger partial charge in [-0.05, 0) is 102 Å². The molecular formula is C39H36N4OS. The van der Waals surface area contributed by atoms with E-state index in [9.17, 15) is 0 Å². The zero-order valence-corrected chi connectivity index (χ0v) is 27.1. The lowest BCUT2D eigenvalue weighted by Crippen LogP contribution is -1.99. The number of aromatic nitrogens is 4. The minimum absolute atomic E-state index is 0.412. The van der Waals surface area contributed by atoms with Crippen LogP contribution in [0.15, 0.2) is 114 Å². The molecule has 0 saturated carbocycles. The Morgan fingerprint density at radius 1 is 0.800 bits per heavy atom. The Balaban J connectivity index is 1.23. The van der Waals surface area contributed by atoms with Crippen LogP contribution in [0, 0.1) is 13.8 Å². The molecule has 7 aromatic rings. The van der Waals surface area contributed by atoms with Crippen LogP contribution in [0.2, 0.25) is 0 Å². The molecule has 0 aliphatic carbocycles. The van der Waals surface area contributed by atoms with Gasteiger partial charge in [0.2, 0.25) is 0 Å². The van der Waals surface area contributed by atoms with E-state index in [0.29, 0.717) is 5.92 Å². The SMILES string of the molecule is CCSc1cc(C)c(-c2cnn(-c3cccc(Oc4ccc5c6ccccc6n(-c6cc(C(C)C)ccn6)c5c4)c3)c2)c(C)c1. The summed E-state index contributed by atoms with van der Waals surface area (Å²) in [5, 5.41) is 7.08. The smallest absolute Gasteiger partial charge is 0.137 e. The van der Waals surface area contributed by atoms with Crippen LogP contribution in [0.25, 0.3) is 44.4 Å². The molecule has 6 heteroatoms. The summed E-state index contributed by atoms with van der Waals surface area (Å²) in [5.41, 5.74) is 9.27. The number of para-hydroxylation sites is 1. The number of aryl methyl sites for hydroxylation is 2.